The van der Waals surface area contributed by atoms with Crippen molar-refractivity contribution in [3.8, 4) is 0 Å². The molecular weight excluding hydrogens is 461 g/mol. The molecule has 0 unspecified atom stereocenters. The molecule has 0 aliphatic heterocycles. The summed E-state index contributed by atoms with van der Waals surface area (Å²) in [7, 11) is 0. The van der Waals surface area contributed by atoms with Crippen LogP contribution in [0, 0.1) is 0 Å². The van der Waals surface area contributed by atoms with Crippen molar-refractivity contribution in [2.24, 2.45) is 0 Å². The summed E-state index contributed by atoms with van der Waals surface area (Å²) >= 11 is 0. The molecule has 222 valence electrons. The molecule has 4 heteroatoms. The summed E-state index contributed by atoms with van der Waals surface area (Å²) in [5.41, 5.74) is 0. The van der Waals surface area contributed by atoms with Crippen molar-refractivity contribution in [2.45, 2.75) is 194 Å². The Morgan fingerprint density at radius 3 is 0.921 bits per heavy atom. The summed E-state index contributed by atoms with van der Waals surface area (Å²) in [4.78, 5) is 13.4. The van der Waals surface area contributed by atoms with Crippen LogP contribution in [0.1, 0.15) is 194 Å². The molecule has 0 rings (SSSR count). The van der Waals surface area contributed by atoms with Crippen LogP contribution in [0.4, 0.5) is 0 Å². The van der Waals surface area contributed by atoms with E-state index in [1.807, 2.05) is 0 Å². The minimum absolute atomic E-state index is 0. The first-order valence-electron chi connectivity index (χ1n) is 17.1. The van der Waals surface area contributed by atoms with E-state index in [1.165, 1.54) is 167 Å². The average Bonchev–Trinajstić information content (AvgIpc) is 2.88. The largest absolute Gasteiger partial charge is 1.00 e. The van der Waals surface area contributed by atoms with Gasteiger partial charge in [-0.1, -0.05) is 168 Å². The SMILES string of the molecule is CCCCCCCCCCCCCCCN(CCCCCCCCCCCCCCC)CCCC(=O)[O-].[Li+]. The summed E-state index contributed by atoms with van der Waals surface area (Å²) in [6, 6.07) is 0. The zero-order chi connectivity index (χ0) is 27.1. The van der Waals surface area contributed by atoms with Crippen LogP contribution in [0.3, 0.4) is 0 Å². The Balaban J connectivity index is 0. The molecule has 0 radical (unpaired) electrons. The van der Waals surface area contributed by atoms with E-state index in [0.717, 1.165) is 26.1 Å². The molecule has 3 nitrogen and oxygen atoms in total. The number of nitrogens with zero attached hydrogens (tertiary/aromatic N) is 1. The van der Waals surface area contributed by atoms with Gasteiger partial charge in [-0.25, -0.2) is 0 Å². The number of unbranched alkanes of at least 4 members (excludes halogenated alkanes) is 24. The number of rotatable bonds is 32. The van der Waals surface area contributed by atoms with Crippen molar-refractivity contribution in [1.29, 1.82) is 0 Å². The molecule has 0 atom stereocenters. The molecule has 38 heavy (non-hydrogen) atoms. The van der Waals surface area contributed by atoms with Gasteiger partial charge in [-0.15, -0.1) is 0 Å². The quantitative estimate of drug-likeness (QED) is 0.0696. The summed E-state index contributed by atoms with van der Waals surface area (Å²) in [5, 5.41) is 10.8. The van der Waals surface area contributed by atoms with E-state index in [9.17, 15) is 9.90 Å². The van der Waals surface area contributed by atoms with E-state index < -0.39 is 5.97 Å². The van der Waals surface area contributed by atoms with Crippen molar-refractivity contribution in [1.82, 2.24) is 4.90 Å². The Bertz CT molecular complexity index is 416. The van der Waals surface area contributed by atoms with Gasteiger partial charge in [-0.2, -0.15) is 0 Å². The molecule has 0 saturated heterocycles. The van der Waals surface area contributed by atoms with Gasteiger partial charge in [-0.05, 0) is 45.3 Å². The average molecular weight is 530 g/mol. The third kappa shape index (κ3) is 34.1. The van der Waals surface area contributed by atoms with Crippen molar-refractivity contribution >= 4 is 5.97 Å². The van der Waals surface area contributed by atoms with E-state index in [0.29, 0.717) is 0 Å². The number of carbonyl (C=O) groups is 1. The van der Waals surface area contributed by atoms with E-state index >= 15 is 0 Å². The molecule has 0 aromatic rings. The summed E-state index contributed by atoms with van der Waals surface area (Å²) in [6.45, 7) is 7.78. The molecular formula is C34H68LiNO2. The van der Waals surface area contributed by atoms with Crippen LogP contribution in [0.25, 0.3) is 0 Å². The molecule has 0 heterocycles. The van der Waals surface area contributed by atoms with Crippen LogP contribution in [0.2, 0.25) is 0 Å². The number of carboxylic acid groups (broad SMARTS) is 1. The van der Waals surface area contributed by atoms with Crippen LogP contribution in [0.5, 0.6) is 0 Å². The fraction of sp³-hybridized carbons (Fsp3) is 0.971. The Kier molecular flexibility index (Phi) is 37.1. The van der Waals surface area contributed by atoms with Gasteiger partial charge >= 0.3 is 18.9 Å². The predicted octanol–water partition coefficient (Wildman–Crippen LogP) is 7.00. The second kappa shape index (κ2) is 35.1. The van der Waals surface area contributed by atoms with Gasteiger partial charge in [0.25, 0.3) is 0 Å². The molecule has 0 aromatic heterocycles. The van der Waals surface area contributed by atoms with Crippen LogP contribution >= 0.6 is 0 Å². The first-order chi connectivity index (χ1) is 18.2. The number of carboxylic acids is 1. The smallest absolute Gasteiger partial charge is 0.550 e. The van der Waals surface area contributed by atoms with E-state index in [2.05, 4.69) is 18.7 Å². The zero-order valence-corrected chi connectivity index (χ0v) is 26.7. The first-order valence-corrected chi connectivity index (χ1v) is 17.1. The van der Waals surface area contributed by atoms with Gasteiger partial charge < -0.3 is 14.8 Å². The van der Waals surface area contributed by atoms with Crippen LogP contribution in [0.15, 0.2) is 0 Å². The number of carbonyl (C=O) groups excluding carboxylic acids is 1. The fourth-order valence-electron chi connectivity index (χ4n) is 5.49. The molecule has 0 N–H and O–H groups in total. The summed E-state index contributed by atoms with van der Waals surface area (Å²) in [6.07, 6.45) is 37.1. The Labute approximate surface area is 252 Å². The van der Waals surface area contributed by atoms with Crippen molar-refractivity contribution in [2.75, 3.05) is 19.6 Å². The van der Waals surface area contributed by atoms with Crippen LogP contribution in [-0.2, 0) is 4.79 Å². The summed E-state index contributed by atoms with van der Waals surface area (Å²) in [5.74, 6) is -0.901. The predicted molar refractivity (Wildman–Crippen MR) is 162 cm³/mol. The third-order valence-corrected chi connectivity index (χ3v) is 8.01. The monoisotopic (exact) mass is 530 g/mol. The maximum atomic E-state index is 10.8. The molecule has 0 fully saturated rings. The van der Waals surface area contributed by atoms with Crippen molar-refractivity contribution in [3.63, 3.8) is 0 Å². The van der Waals surface area contributed by atoms with Crippen LogP contribution in [-0.4, -0.2) is 30.5 Å². The van der Waals surface area contributed by atoms with Crippen molar-refractivity contribution < 1.29 is 28.8 Å². The molecule has 0 bridgehead atoms. The molecule has 0 amide bonds. The molecule has 0 aliphatic rings. The van der Waals surface area contributed by atoms with Gasteiger partial charge in [0.15, 0.2) is 0 Å². The molecule has 0 saturated carbocycles. The number of hydrogen-bond donors (Lipinski definition) is 0. The summed E-state index contributed by atoms with van der Waals surface area (Å²) < 4.78 is 0. The standard InChI is InChI=1S/C34H69NO2.Li/c1-3-5-7-9-11-13-15-17-19-21-23-25-27-31-35(33-29-30-34(36)37)32-28-26-24-22-20-18-16-14-12-10-8-6-4-2;/h3-33H2,1-2H3,(H,36,37);/q;+1/p-1. The second-order valence-electron chi connectivity index (χ2n) is 11.8. The minimum atomic E-state index is -0.901. The zero-order valence-electron chi connectivity index (χ0n) is 26.7. The van der Waals surface area contributed by atoms with Gasteiger partial charge in [0.05, 0.1) is 0 Å². The number of hydrogen-bond acceptors (Lipinski definition) is 3. The van der Waals surface area contributed by atoms with Crippen LogP contribution < -0.4 is 24.0 Å². The minimum Gasteiger partial charge on any atom is -0.550 e. The molecule has 0 spiro atoms. The number of aliphatic carboxylic acids is 1. The molecule has 0 aliphatic carbocycles. The Morgan fingerprint density at radius 2 is 0.658 bits per heavy atom. The van der Waals surface area contributed by atoms with E-state index in [4.69, 9.17) is 0 Å². The maximum Gasteiger partial charge on any atom is 1.00 e. The van der Waals surface area contributed by atoms with Crippen molar-refractivity contribution in [3.05, 3.63) is 0 Å². The van der Waals surface area contributed by atoms with Gasteiger partial charge in [0.1, 0.15) is 0 Å². The maximum absolute atomic E-state index is 10.8. The third-order valence-electron chi connectivity index (χ3n) is 8.01. The van der Waals surface area contributed by atoms with E-state index in [1.54, 1.807) is 0 Å². The van der Waals surface area contributed by atoms with E-state index in [-0.39, 0.29) is 25.3 Å². The normalized spacial score (nSPS) is 11.2. The molecule has 0 aromatic carbocycles. The fourth-order valence-corrected chi connectivity index (χ4v) is 5.49. The first kappa shape index (κ1) is 40.2. The van der Waals surface area contributed by atoms with Gasteiger partial charge in [0.2, 0.25) is 0 Å². The van der Waals surface area contributed by atoms with Gasteiger partial charge in [0, 0.05) is 5.97 Å². The topological polar surface area (TPSA) is 43.4 Å². The Hall–Kier alpha value is 0.0274. The van der Waals surface area contributed by atoms with Gasteiger partial charge in [-0.3, -0.25) is 0 Å². The second-order valence-corrected chi connectivity index (χ2v) is 11.8. The Morgan fingerprint density at radius 1 is 0.421 bits per heavy atom.